The lowest BCUT2D eigenvalue weighted by Crippen LogP contribution is -2.17. The van der Waals surface area contributed by atoms with Gasteiger partial charge in [0.1, 0.15) is 0 Å². The minimum atomic E-state index is -0.591. The Kier molecular flexibility index (Phi) is 4.36. The van der Waals surface area contributed by atoms with Crippen molar-refractivity contribution in [1.29, 1.82) is 0 Å². The summed E-state index contributed by atoms with van der Waals surface area (Å²) >= 11 is 5.95. The smallest absolute Gasteiger partial charge is 0.270 e. The zero-order valence-corrected chi connectivity index (χ0v) is 11.4. The van der Waals surface area contributed by atoms with Gasteiger partial charge in [-0.25, -0.2) is 0 Å². The fraction of sp³-hybridized carbons (Fsp3) is 0. The summed E-state index contributed by atoms with van der Waals surface area (Å²) in [5.41, 5.74) is 2.83. The van der Waals surface area contributed by atoms with Gasteiger partial charge >= 0.3 is 0 Å². The monoisotopic (exact) mass is 306 g/mol. The average molecular weight is 307 g/mol. The number of para-hydroxylation sites is 1. The van der Waals surface area contributed by atoms with E-state index < -0.39 is 10.8 Å². The molecule has 0 spiro atoms. The number of carbonyl (C=O) groups is 1. The summed E-state index contributed by atoms with van der Waals surface area (Å²) in [6.45, 7) is 0. The second-order valence-electron chi connectivity index (χ2n) is 4.07. The number of nitro groups is 1. The number of halogens is 1. The van der Waals surface area contributed by atoms with Crippen LogP contribution in [-0.2, 0) is 0 Å². The summed E-state index contributed by atoms with van der Waals surface area (Å²) in [7, 11) is 0. The molecule has 0 aromatic heterocycles. The first-order chi connectivity index (χ1) is 10.0. The first-order valence-electron chi connectivity index (χ1n) is 5.84. The molecule has 108 valence electrons. The molecule has 0 fully saturated rings. The summed E-state index contributed by atoms with van der Waals surface area (Å²) in [5.74, 6) is 4.76. The molecule has 8 heteroatoms. The molecule has 0 aliphatic carbocycles. The molecule has 0 bridgehead atoms. The zero-order valence-electron chi connectivity index (χ0n) is 10.7. The Bertz CT molecular complexity index is 706. The first kappa shape index (κ1) is 14.8. The molecular weight excluding hydrogens is 296 g/mol. The summed E-state index contributed by atoms with van der Waals surface area (Å²) in [5, 5.41) is 13.7. The molecule has 4 N–H and O–H groups in total. The van der Waals surface area contributed by atoms with Crippen LogP contribution in [0.15, 0.2) is 42.5 Å². The van der Waals surface area contributed by atoms with Crippen molar-refractivity contribution >= 4 is 34.6 Å². The van der Waals surface area contributed by atoms with Crippen LogP contribution >= 0.6 is 11.6 Å². The third kappa shape index (κ3) is 3.28. The minimum absolute atomic E-state index is 0.0478. The molecule has 2 rings (SSSR count). The van der Waals surface area contributed by atoms with Gasteiger partial charge in [-0.1, -0.05) is 23.7 Å². The number of hydrogen-bond donors (Lipinski definition) is 3. The number of nitrogens with two attached hydrogens (primary N) is 1. The van der Waals surface area contributed by atoms with Gasteiger partial charge in [0.2, 0.25) is 0 Å². The SMILES string of the molecule is NNc1ccc([N+](=O)[O-])cc1C(=O)Nc1ccccc1Cl. The van der Waals surface area contributed by atoms with Crippen molar-refractivity contribution in [3.63, 3.8) is 0 Å². The molecule has 0 saturated heterocycles. The Balaban J connectivity index is 2.36. The molecule has 0 radical (unpaired) electrons. The molecular formula is C13H11ClN4O3. The topological polar surface area (TPSA) is 110 Å². The van der Waals surface area contributed by atoms with Crippen LogP contribution in [0.4, 0.5) is 17.1 Å². The first-order valence-corrected chi connectivity index (χ1v) is 6.21. The summed E-state index contributed by atoms with van der Waals surface area (Å²) < 4.78 is 0. The van der Waals surface area contributed by atoms with E-state index in [0.717, 1.165) is 6.07 Å². The number of rotatable bonds is 4. The molecule has 0 aliphatic rings. The van der Waals surface area contributed by atoms with Crippen molar-refractivity contribution in [2.45, 2.75) is 0 Å². The van der Waals surface area contributed by atoms with Crippen molar-refractivity contribution in [2.24, 2.45) is 5.84 Å². The van der Waals surface area contributed by atoms with E-state index in [2.05, 4.69) is 10.7 Å². The highest BCUT2D eigenvalue weighted by Gasteiger charge is 2.17. The van der Waals surface area contributed by atoms with Gasteiger partial charge in [-0.3, -0.25) is 20.8 Å². The number of nitrogens with zero attached hydrogens (tertiary/aromatic N) is 1. The molecule has 1 amide bonds. The molecule has 0 heterocycles. The van der Waals surface area contributed by atoms with Gasteiger partial charge in [0.15, 0.2) is 0 Å². The fourth-order valence-electron chi connectivity index (χ4n) is 1.71. The van der Waals surface area contributed by atoms with Gasteiger partial charge in [-0.05, 0) is 18.2 Å². The molecule has 0 aliphatic heterocycles. The molecule has 0 saturated carbocycles. The molecule has 21 heavy (non-hydrogen) atoms. The molecule has 2 aromatic rings. The van der Waals surface area contributed by atoms with Crippen molar-refractivity contribution in [3.05, 3.63) is 63.2 Å². The van der Waals surface area contributed by atoms with Gasteiger partial charge in [0.25, 0.3) is 11.6 Å². The summed E-state index contributed by atoms with van der Waals surface area (Å²) in [6, 6.07) is 10.4. The van der Waals surface area contributed by atoms with Crippen LogP contribution in [0.5, 0.6) is 0 Å². The number of benzene rings is 2. The highest BCUT2D eigenvalue weighted by molar-refractivity contribution is 6.34. The van der Waals surface area contributed by atoms with Crippen LogP contribution < -0.4 is 16.6 Å². The predicted molar refractivity (Wildman–Crippen MR) is 80.3 cm³/mol. The lowest BCUT2D eigenvalue weighted by atomic mass is 10.1. The van der Waals surface area contributed by atoms with E-state index in [4.69, 9.17) is 17.4 Å². The van der Waals surface area contributed by atoms with Crippen LogP contribution in [-0.4, -0.2) is 10.8 Å². The normalized spacial score (nSPS) is 10.0. The number of hydrazine groups is 1. The van der Waals surface area contributed by atoms with Gasteiger partial charge in [0.05, 0.1) is 26.9 Å². The van der Waals surface area contributed by atoms with Crippen LogP contribution in [0.1, 0.15) is 10.4 Å². The Morgan fingerprint density at radius 2 is 1.90 bits per heavy atom. The Morgan fingerprint density at radius 1 is 1.19 bits per heavy atom. The average Bonchev–Trinajstić information content (AvgIpc) is 2.48. The van der Waals surface area contributed by atoms with Crippen LogP contribution in [0, 0.1) is 10.1 Å². The lowest BCUT2D eigenvalue weighted by Gasteiger charge is -2.10. The lowest BCUT2D eigenvalue weighted by molar-refractivity contribution is -0.384. The van der Waals surface area contributed by atoms with Gasteiger partial charge in [-0.2, -0.15) is 0 Å². The maximum atomic E-state index is 12.2. The fourth-order valence-corrected chi connectivity index (χ4v) is 1.89. The molecule has 0 unspecified atom stereocenters. The van der Waals surface area contributed by atoms with Crippen LogP contribution in [0.2, 0.25) is 5.02 Å². The summed E-state index contributed by atoms with van der Waals surface area (Å²) in [4.78, 5) is 22.4. The van der Waals surface area contributed by atoms with Crippen molar-refractivity contribution in [1.82, 2.24) is 0 Å². The number of carbonyl (C=O) groups excluding carboxylic acids is 1. The van der Waals surface area contributed by atoms with E-state index in [1.807, 2.05) is 0 Å². The minimum Gasteiger partial charge on any atom is -0.323 e. The Hall–Kier alpha value is -2.64. The number of hydrogen-bond acceptors (Lipinski definition) is 5. The molecule has 2 aromatic carbocycles. The van der Waals surface area contributed by atoms with E-state index in [9.17, 15) is 14.9 Å². The summed E-state index contributed by atoms with van der Waals surface area (Å²) in [6.07, 6.45) is 0. The van der Waals surface area contributed by atoms with E-state index in [1.165, 1.54) is 12.1 Å². The van der Waals surface area contributed by atoms with Gasteiger partial charge in [-0.15, -0.1) is 0 Å². The molecule has 0 atom stereocenters. The quantitative estimate of drug-likeness (QED) is 0.457. The maximum Gasteiger partial charge on any atom is 0.270 e. The van der Waals surface area contributed by atoms with Crippen molar-refractivity contribution in [3.8, 4) is 0 Å². The number of amides is 1. The third-order valence-electron chi connectivity index (χ3n) is 2.74. The largest absolute Gasteiger partial charge is 0.323 e. The number of non-ortho nitro benzene ring substituents is 1. The van der Waals surface area contributed by atoms with E-state index in [1.54, 1.807) is 24.3 Å². The van der Waals surface area contributed by atoms with Crippen LogP contribution in [0.3, 0.4) is 0 Å². The van der Waals surface area contributed by atoms with Gasteiger partial charge < -0.3 is 10.7 Å². The van der Waals surface area contributed by atoms with Gasteiger partial charge in [0, 0.05) is 12.1 Å². The van der Waals surface area contributed by atoms with Crippen molar-refractivity contribution < 1.29 is 9.72 Å². The number of nitrogens with one attached hydrogen (secondary N) is 2. The maximum absolute atomic E-state index is 12.2. The van der Waals surface area contributed by atoms with Crippen LogP contribution in [0.25, 0.3) is 0 Å². The van der Waals surface area contributed by atoms with E-state index >= 15 is 0 Å². The second-order valence-corrected chi connectivity index (χ2v) is 4.47. The number of nitro benzene ring substituents is 1. The second kappa shape index (κ2) is 6.21. The third-order valence-corrected chi connectivity index (χ3v) is 3.07. The predicted octanol–water partition coefficient (Wildman–Crippen LogP) is 2.79. The van der Waals surface area contributed by atoms with E-state index in [-0.39, 0.29) is 16.9 Å². The number of anilines is 2. The zero-order chi connectivity index (χ0) is 15.4. The number of nitrogen functional groups attached to an aromatic ring is 1. The Morgan fingerprint density at radius 3 is 2.52 bits per heavy atom. The highest BCUT2D eigenvalue weighted by Crippen LogP contribution is 2.25. The van der Waals surface area contributed by atoms with Crippen molar-refractivity contribution in [2.75, 3.05) is 10.7 Å². The van der Waals surface area contributed by atoms with E-state index in [0.29, 0.717) is 10.7 Å². The highest BCUT2D eigenvalue weighted by atomic mass is 35.5. The Labute approximate surface area is 124 Å². The standard InChI is InChI=1S/C13H11ClN4O3/c14-10-3-1-2-4-12(10)16-13(19)9-7-8(18(20)21)5-6-11(9)17-15/h1-7,17H,15H2,(H,16,19). The molecule has 7 nitrogen and oxygen atoms in total.